The van der Waals surface area contributed by atoms with Crippen LogP contribution in [0.3, 0.4) is 0 Å². The molecule has 3 heteroatoms. The van der Waals surface area contributed by atoms with E-state index < -0.39 is 0 Å². The normalized spacial score (nSPS) is 27.3. The van der Waals surface area contributed by atoms with Crippen molar-refractivity contribution >= 4 is 5.97 Å². The van der Waals surface area contributed by atoms with Gasteiger partial charge in [0, 0.05) is 6.42 Å². The molecule has 0 aromatic heterocycles. The Morgan fingerprint density at radius 1 is 1.43 bits per heavy atom. The van der Waals surface area contributed by atoms with E-state index in [1.54, 1.807) is 0 Å². The summed E-state index contributed by atoms with van der Waals surface area (Å²) >= 11 is 0. The molecule has 1 N–H and O–H groups in total. The third-order valence-corrected chi connectivity index (χ3v) is 3.02. The lowest BCUT2D eigenvalue weighted by atomic mass is 9.82. The maximum absolute atomic E-state index is 11.3. The molecule has 82 valence electrons. The van der Waals surface area contributed by atoms with E-state index in [0.717, 1.165) is 25.9 Å². The van der Waals surface area contributed by atoms with Gasteiger partial charge < -0.3 is 10.1 Å². The van der Waals surface area contributed by atoms with Gasteiger partial charge in [-0.2, -0.15) is 0 Å². The first-order valence-corrected chi connectivity index (χ1v) is 5.64. The summed E-state index contributed by atoms with van der Waals surface area (Å²) in [6.07, 6.45) is 2.86. The van der Waals surface area contributed by atoms with Crippen molar-refractivity contribution in [2.24, 2.45) is 11.8 Å². The molecule has 0 saturated carbocycles. The second-order valence-electron chi connectivity index (χ2n) is 3.93. The predicted octanol–water partition coefficient (Wildman–Crippen LogP) is 1.58. The minimum Gasteiger partial charge on any atom is -0.466 e. The van der Waals surface area contributed by atoms with Crippen LogP contribution in [-0.2, 0) is 9.53 Å². The average molecular weight is 199 g/mol. The first kappa shape index (κ1) is 11.5. The second-order valence-corrected chi connectivity index (χ2v) is 3.93. The van der Waals surface area contributed by atoms with Crippen LogP contribution in [0.5, 0.6) is 0 Å². The summed E-state index contributed by atoms with van der Waals surface area (Å²) in [6, 6.07) is 0. The van der Waals surface area contributed by atoms with Gasteiger partial charge in [-0.25, -0.2) is 0 Å². The molecule has 1 rings (SSSR count). The van der Waals surface area contributed by atoms with Crippen LogP contribution in [0.4, 0.5) is 0 Å². The lowest BCUT2D eigenvalue weighted by Gasteiger charge is -2.30. The molecular formula is C11H21NO2. The van der Waals surface area contributed by atoms with Crippen LogP contribution < -0.4 is 5.32 Å². The van der Waals surface area contributed by atoms with E-state index in [1.807, 2.05) is 6.92 Å². The van der Waals surface area contributed by atoms with E-state index in [9.17, 15) is 4.79 Å². The molecule has 3 nitrogen and oxygen atoms in total. The molecule has 0 radical (unpaired) electrons. The maximum Gasteiger partial charge on any atom is 0.306 e. The molecule has 0 spiro atoms. The molecule has 1 aliphatic rings. The van der Waals surface area contributed by atoms with Gasteiger partial charge in [0.15, 0.2) is 0 Å². The van der Waals surface area contributed by atoms with Crippen molar-refractivity contribution in [1.29, 1.82) is 0 Å². The number of ether oxygens (including phenoxy) is 1. The lowest BCUT2D eigenvalue weighted by Crippen LogP contribution is -2.37. The highest BCUT2D eigenvalue weighted by Gasteiger charge is 2.25. The smallest absolute Gasteiger partial charge is 0.306 e. The Morgan fingerprint density at radius 3 is 2.86 bits per heavy atom. The molecule has 0 aromatic carbocycles. The van der Waals surface area contributed by atoms with Crippen molar-refractivity contribution in [3.05, 3.63) is 0 Å². The monoisotopic (exact) mass is 199 g/mol. The maximum atomic E-state index is 11.3. The summed E-state index contributed by atoms with van der Waals surface area (Å²) in [7, 11) is 0. The quantitative estimate of drug-likeness (QED) is 0.698. The lowest BCUT2D eigenvalue weighted by molar-refractivity contribution is -0.144. The Balaban J connectivity index is 2.36. The summed E-state index contributed by atoms with van der Waals surface area (Å²) < 4.78 is 4.98. The largest absolute Gasteiger partial charge is 0.466 e. The van der Waals surface area contributed by atoms with Crippen LogP contribution in [0, 0.1) is 11.8 Å². The average Bonchev–Trinajstić information content (AvgIpc) is 2.19. The van der Waals surface area contributed by atoms with Crippen molar-refractivity contribution in [2.75, 3.05) is 19.7 Å². The van der Waals surface area contributed by atoms with Gasteiger partial charge in [0.1, 0.15) is 0 Å². The van der Waals surface area contributed by atoms with Gasteiger partial charge in [0.25, 0.3) is 0 Å². The zero-order valence-corrected chi connectivity index (χ0v) is 9.21. The first-order chi connectivity index (χ1) is 6.77. The Kier molecular flexibility index (Phi) is 4.94. The highest BCUT2D eigenvalue weighted by atomic mass is 16.5. The molecule has 0 amide bonds. The SMILES string of the molecule is CCOC(=O)C[C@@H]1CCNC[C@@H]1CC. The van der Waals surface area contributed by atoms with Crippen LogP contribution >= 0.6 is 0 Å². The summed E-state index contributed by atoms with van der Waals surface area (Å²) in [5.74, 6) is 1.14. The highest BCUT2D eigenvalue weighted by molar-refractivity contribution is 5.69. The molecular weight excluding hydrogens is 178 g/mol. The van der Waals surface area contributed by atoms with Crippen LogP contribution in [0.2, 0.25) is 0 Å². The summed E-state index contributed by atoms with van der Waals surface area (Å²) in [6.45, 7) is 6.65. The second kappa shape index (κ2) is 6.02. The van der Waals surface area contributed by atoms with E-state index in [0.29, 0.717) is 24.9 Å². The van der Waals surface area contributed by atoms with Crippen LogP contribution in [0.1, 0.15) is 33.1 Å². The Morgan fingerprint density at radius 2 is 2.21 bits per heavy atom. The fourth-order valence-electron chi connectivity index (χ4n) is 2.16. The van der Waals surface area contributed by atoms with Gasteiger partial charge in [0.05, 0.1) is 6.61 Å². The Bertz CT molecular complexity index is 182. The number of nitrogens with one attached hydrogen (secondary N) is 1. The number of hydrogen-bond donors (Lipinski definition) is 1. The summed E-state index contributed by atoms with van der Waals surface area (Å²) in [5.41, 5.74) is 0. The van der Waals surface area contributed by atoms with Crippen molar-refractivity contribution < 1.29 is 9.53 Å². The number of rotatable bonds is 4. The van der Waals surface area contributed by atoms with Crippen LogP contribution in [0.25, 0.3) is 0 Å². The van der Waals surface area contributed by atoms with Gasteiger partial charge in [-0.15, -0.1) is 0 Å². The van der Waals surface area contributed by atoms with Gasteiger partial charge in [-0.1, -0.05) is 13.3 Å². The summed E-state index contributed by atoms with van der Waals surface area (Å²) in [4.78, 5) is 11.3. The molecule has 0 aliphatic carbocycles. The van der Waals surface area contributed by atoms with Gasteiger partial charge in [-0.3, -0.25) is 4.79 Å². The van der Waals surface area contributed by atoms with Crippen molar-refractivity contribution in [3.8, 4) is 0 Å². The number of piperidine rings is 1. The number of esters is 1. The third kappa shape index (κ3) is 3.29. The van der Waals surface area contributed by atoms with E-state index in [1.165, 1.54) is 0 Å². The van der Waals surface area contributed by atoms with E-state index in [4.69, 9.17) is 4.74 Å². The van der Waals surface area contributed by atoms with E-state index in [-0.39, 0.29) is 5.97 Å². The van der Waals surface area contributed by atoms with Crippen LogP contribution in [0.15, 0.2) is 0 Å². The fraction of sp³-hybridized carbons (Fsp3) is 0.909. The molecule has 0 bridgehead atoms. The van der Waals surface area contributed by atoms with Gasteiger partial charge in [-0.05, 0) is 38.3 Å². The third-order valence-electron chi connectivity index (χ3n) is 3.02. The first-order valence-electron chi connectivity index (χ1n) is 5.64. The van der Waals surface area contributed by atoms with Crippen LogP contribution in [-0.4, -0.2) is 25.7 Å². The van der Waals surface area contributed by atoms with Gasteiger partial charge >= 0.3 is 5.97 Å². The molecule has 1 heterocycles. The molecule has 14 heavy (non-hydrogen) atoms. The Labute approximate surface area is 86.2 Å². The Hall–Kier alpha value is -0.570. The highest BCUT2D eigenvalue weighted by Crippen LogP contribution is 2.25. The van der Waals surface area contributed by atoms with Gasteiger partial charge in [0.2, 0.25) is 0 Å². The molecule has 0 unspecified atom stereocenters. The molecule has 2 atom stereocenters. The molecule has 1 fully saturated rings. The van der Waals surface area contributed by atoms with E-state index in [2.05, 4.69) is 12.2 Å². The minimum absolute atomic E-state index is 0.0298. The predicted molar refractivity (Wildman–Crippen MR) is 56.0 cm³/mol. The zero-order valence-electron chi connectivity index (χ0n) is 9.21. The van der Waals surface area contributed by atoms with Crippen molar-refractivity contribution in [1.82, 2.24) is 5.32 Å². The minimum atomic E-state index is -0.0298. The molecule has 0 aromatic rings. The number of hydrogen-bond acceptors (Lipinski definition) is 3. The topological polar surface area (TPSA) is 38.3 Å². The van der Waals surface area contributed by atoms with Crippen molar-refractivity contribution in [2.45, 2.75) is 33.1 Å². The molecule has 1 aliphatic heterocycles. The summed E-state index contributed by atoms with van der Waals surface area (Å²) in [5, 5.41) is 3.37. The zero-order chi connectivity index (χ0) is 10.4. The number of carbonyl (C=O) groups is 1. The van der Waals surface area contributed by atoms with Crippen molar-refractivity contribution in [3.63, 3.8) is 0 Å². The fourth-order valence-corrected chi connectivity index (χ4v) is 2.16. The van der Waals surface area contributed by atoms with E-state index >= 15 is 0 Å². The standard InChI is InChI=1S/C11H21NO2/c1-3-9-8-12-6-5-10(9)7-11(13)14-4-2/h9-10,12H,3-8H2,1-2H3/t9-,10-/m0/s1. The number of carbonyl (C=O) groups excluding carboxylic acids is 1. The molecule has 1 saturated heterocycles.